The number of likely N-dealkylation sites (tertiary alicyclic amines) is 1. The average molecular weight is 481 g/mol. The van der Waals surface area contributed by atoms with Crippen LogP contribution in [0.1, 0.15) is 83.1 Å². The van der Waals surface area contributed by atoms with Crippen LogP contribution in [0.2, 0.25) is 0 Å². The van der Waals surface area contributed by atoms with Gasteiger partial charge in [-0.2, -0.15) is 0 Å². The van der Waals surface area contributed by atoms with E-state index in [2.05, 4.69) is 19.9 Å². The zero-order valence-electron chi connectivity index (χ0n) is 21.2. The van der Waals surface area contributed by atoms with Crippen molar-refractivity contribution < 1.29 is 13.9 Å². The number of carbonyl (C=O) groups excluding carboxylic acids is 1. The van der Waals surface area contributed by atoms with Gasteiger partial charge >= 0.3 is 11.7 Å². The number of hydrogen-bond acceptors (Lipinski definition) is 5. The summed E-state index contributed by atoms with van der Waals surface area (Å²) in [7, 11) is 0. The summed E-state index contributed by atoms with van der Waals surface area (Å²) in [6.07, 6.45) is 14.1. The molecule has 2 N–H and O–H groups in total. The van der Waals surface area contributed by atoms with E-state index in [0.717, 1.165) is 44.2 Å². The highest BCUT2D eigenvalue weighted by Gasteiger charge is 2.58. The van der Waals surface area contributed by atoms with Crippen LogP contribution >= 0.6 is 0 Å². The van der Waals surface area contributed by atoms with E-state index in [1.807, 2.05) is 6.07 Å². The summed E-state index contributed by atoms with van der Waals surface area (Å²) in [5, 5.41) is 0. The Kier molecular flexibility index (Phi) is 5.66. The number of carbonyl (C=O) groups is 1. The predicted octanol–water partition coefficient (Wildman–Crippen LogP) is 5.22. The molecule has 0 radical (unpaired) electrons. The normalized spacial score (nSPS) is 42.6. The van der Waals surface area contributed by atoms with E-state index in [9.17, 15) is 9.59 Å². The van der Waals surface area contributed by atoms with E-state index < -0.39 is 0 Å². The molecule has 5 aliphatic rings. The maximum absolute atomic E-state index is 12.7. The minimum absolute atomic E-state index is 0.0469. The Bertz CT molecular complexity index is 1060. The molecule has 1 unspecified atom stereocenters. The highest BCUT2D eigenvalue weighted by atomic mass is 16.6. The second-order valence-corrected chi connectivity index (χ2v) is 12.6. The molecule has 6 rings (SSSR count). The minimum atomic E-state index is -0.273. The molecule has 0 spiro atoms. The summed E-state index contributed by atoms with van der Waals surface area (Å²) in [6, 6.07) is 3.63. The molecule has 4 aliphatic carbocycles. The fraction of sp³-hybridized carbons (Fsp3) is 0.724. The Labute approximate surface area is 208 Å². The van der Waals surface area contributed by atoms with E-state index in [0.29, 0.717) is 35.6 Å². The molecule has 1 saturated heterocycles. The van der Waals surface area contributed by atoms with Crippen LogP contribution in [0.25, 0.3) is 0 Å². The Morgan fingerprint density at radius 3 is 2.74 bits per heavy atom. The topological polar surface area (TPSA) is 85.8 Å². The lowest BCUT2D eigenvalue weighted by atomic mass is 9.46. The zero-order valence-corrected chi connectivity index (χ0v) is 21.2. The number of fused-ring (bicyclic) bond motifs is 5. The molecule has 2 heterocycles. The van der Waals surface area contributed by atoms with Crippen LogP contribution in [0, 0.1) is 28.6 Å². The number of allylic oxidation sites excluding steroid dienone is 2. The maximum atomic E-state index is 12.7. The molecule has 1 amide bonds. The lowest BCUT2D eigenvalue weighted by Crippen LogP contribution is -2.52. The molecular formula is C29H40N2O4. The van der Waals surface area contributed by atoms with Gasteiger partial charge in [0.05, 0.1) is 6.26 Å². The fourth-order valence-electron chi connectivity index (χ4n) is 8.90. The third-order valence-electron chi connectivity index (χ3n) is 10.9. The van der Waals surface area contributed by atoms with Crippen molar-refractivity contribution in [2.45, 2.75) is 89.7 Å². The van der Waals surface area contributed by atoms with Crippen LogP contribution in [-0.4, -0.2) is 36.2 Å². The number of rotatable bonds is 2. The molecule has 1 aliphatic heterocycles. The Balaban J connectivity index is 1.15. The van der Waals surface area contributed by atoms with Gasteiger partial charge in [0.2, 0.25) is 0 Å². The molecule has 3 saturated carbocycles. The lowest BCUT2D eigenvalue weighted by Gasteiger charge is -2.59. The standard InChI is InChI=1S/C29H40N2O4/c1-28-12-9-21(35-27(33)31-14-11-20(30)16-31)15-19(28)4-5-22-24-7-6-23(18-3-8-26(32)34-17-18)29(24,2)13-10-25(22)28/h3,7-8,17,19-23,25H,4-6,9-16,30H2,1-2H3/t19-,20?,21+,22+,23-,25+,28+,29-/m1/s1. The molecular weight excluding hydrogens is 440 g/mol. The van der Waals surface area contributed by atoms with E-state index in [1.165, 1.54) is 25.7 Å². The first kappa shape index (κ1) is 23.3. The largest absolute Gasteiger partial charge is 0.446 e. The second kappa shape index (κ2) is 8.50. The number of nitrogens with two attached hydrogens (primary N) is 1. The van der Waals surface area contributed by atoms with Crippen molar-refractivity contribution in [1.29, 1.82) is 0 Å². The lowest BCUT2D eigenvalue weighted by molar-refractivity contribution is -0.0867. The third kappa shape index (κ3) is 3.78. The SMILES string of the molecule is C[C@]12CC[C@H](OC(=O)N3CCC(N)C3)C[C@H]1CC[C@H]1C3=CC[C@H](c4ccc(=O)oc4)[C@@]3(C)CC[C@@H]12. The van der Waals surface area contributed by atoms with Gasteiger partial charge in [0.15, 0.2) is 0 Å². The van der Waals surface area contributed by atoms with Crippen molar-refractivity contribution in [3.05, 3.63) is 46.0 Å². The number of amides is 1. The van der Waals surface area contributed by atoms with Gasteiger partial charge < -0.3 is 19.8 Å². The van der Waals surface area contributed by atoms with Crippen LogP contribution in [0.4, 0.5) is 4.79 Å². The molecule has 1 aromatic heterocycles. The highest BCUT2D eigenvalue weighted by molar-refractivity contribution is 5.68. The molecule has 1 aromatic rings. The fourth-order valence-corrected chi connectivity index (χ4v) is 8.90. The smallest absolute Gasteiger partial charge is 0.410 e. The average Bonchev–Trinajstić information content (AvgIpc) is 3.43. The van der Waals surface area contributed by atoms with E-state index in [4.69, 9.17) is 14.9 Å². The predicted molar refractivity (Wildman–Crippen MR) is 134 cm³/mol. The maximum Gasteiger partial charge on any atom is 0.410 e. The van der Waals surface area contributed by atoms with Crippen molar-refractivity contribution >= 4 is 6.09 Å². The van der Waals surface area contributed by atoms with Crippen LogP contribution in [0.3, 0.4) is 0 Å². The highest BCUT2D eigenvalue weighted by Crippen LogP contribution is 2.67. The van der Waals surface area contributed by atoms with E-state index >= 15 is 0 Å². The summed E-state index contributed by atoms with van der Waals surface area (Å²) in [5.41, 5.74) is 9.03. The molecule has 0 aromatic carbocycles. The number of ether oxygens (including phenoxy) is 1. The van der Waals surface area contributed by atoms with Crippen molar-refractivity contribution in [3.8, 4) is 0 Å². The molecule has 8 atom stereocenters. The Hall–Kier alpha value is -2.08. The molecule has 6 heteroatoms. The summed E-state index contributed by atoms with van der Waals surface area (Å²) in [4.78, 5) is 26.0. The van der Waals surface area contributed by atoms with Crippen LogP contribution < -0.4 is 11.4 Å². The van der Waals surface area contributed by atoms with Gasteiger partial charge in [-0.3, -0.25) is 0 Å². The van der Waals surface area contributed by atoms with Gasteiger partial charge in [-0.05, 0) is 104 Å². The van der Waals surface area contributed by atoms with Crippen LogP contribution in [0.15, 0.2) is 39.3 Å². The number of hydrogen-bond donors (Lipinski definition) is 1. The van der Waals surface area contributed by atoms with Gasteiger partial charge in [0, 0.05) is 25.2 Å². The summed E-state index contributed by atoms with van der Waals surface area (Å²) in [5.74, 6) is 2.39. The van der Waals surface area contributed by atoms with Crippen molar-refractivity contribution in [2.24, 2.45) is 34.3 Å². The molecule has 6 nitrogen and oxygen atoms in total. The van der Waals surface area contributed by atoms with Gasteiger partial charge in [-0.1, -0.05) is 25.5 Å². The Morgan fingerprint density at radius 1 is 1.14 bits per heavy atom. The van der Waals surface area contributed by atoms with Crippen molar-refractivity contribution in [2.75, 3.05) is 13.1 Å². The van der Waals surface area contributed by atoms with Crippen molar-refractivity contribution in [1.82, 2.24) is 4.90 Å². The molecule has 4 fully saturated rings. The molecule has 0 bridgehead atoms. The summed E-state index contributed by atoms with van der Waals surface area (Å²) < 4.78 is 11.2. The van der Waals surface area contributed by atoms with E-state index in [1.54, 1.807) is 22.8 Å². The van der Waals surface area contributed by atoms with Crippen LogP contribution in [-0.2, 0) is 4.74 Å². The van der Waals surface area contributed by atoms with Gasteiger partial charge in [-0.15, -0.1) is 0 Å². The van der Waals surface area contributed by atoms with Gasteiger partial charge in [0.25, 0.3) is 0 Å². The molecule has 35 heavy (non-hydrogen) atoms. The van der Waals surface area contributed by atoms with Gasteiger partial charge in [-0.25, -0.2) is 9.59 Å². The summed E-state index contributed by atoms with van der Waals surface area (Å²) >= 11 is 0. The first-order chi connectivity index (χ1) is 16.8. The first-order valence-corrected chi connectivity index (χ1v) is 13.8. The summed E-state index contributed by atoms with van der Waals surface area (Å²) in [6.45, 7) is 6.34. The second-order valence-electron chi connectivity index (χ2n) is 12.6. The van der Waals surface area contributed by atoms with E-state index in [-0.39, 0.29) is 29.3 Å². The molecule has 190 valence electrons. The number of nitrogens with zero attached hydrogens (tertiary/aromatic N) is 1. The quantitative estimate of drug-likeness (QED) is 0.586. The minimum Gasteiger partial charge on any atom is -0.446 e. The van der Waals surface area contributed by atoms with Crippen molar-refractivity contribution in [3.63, 3.8) is 0 Å². The first-order valence-electron chi connectivity index (χ1n) is 13.8. The zero-order chi connectivity index (χ0) is 24.4. The third-order valence-corrected chi connectivity index (χ3v) is 10.9. The monoisotopic (exact) mass is 480 g/mol. The Morgan fingerprint density at radius 2 is 2.00 bits per heavy atom. The van der Waals surface area contributed by atoms with Crippen LogP contribution in [0.5, 0.6) is 0 Å². The van der Waals surface area contributed by atoms with Gasteiger partial charge in [0.1, 0.15) is 6.10 Å².